The van der Waals surface area contributed by atoms with Gasteiger partial charge >= 0.3 is 0 Å². The minimum atomic E-state index is 0.338. The maximum Gasteiger partial charge on any atom is 0.161 e. The van der Waals surface area contributed by atoms with Gasteiger partial charge in [-0.2, -0.15) is 0 Å². The second-order valence-electron chi connectivity index (χ2n) is 7.00. The molecule has 1 aromatic heterocycles. The molecule has 1 fully saturated rings. The Morgan fingerprint density at radius 3 is 2.88 bits per heavy atom. The number of hydrogen-bond donors (Lipinski definition) is 1. The van der Waals surface area contributed by atoms with Gasteiger partial charge in [-0.3, -0.25) is 4.90 Å². The standard InChI is InChI=1S/C20H26N4O2/c1-25-18-6-5-14(10-19(18)26-2)12-24-9-7-16-15(13-24)11-22-20(23-16)17-4-3-8-21-17/h5-6,10-11,17,21H,3-4,7-9,12-13H2,1-2H3/t17-/m1/s1. The Balaban J connectivity index is 1.45. The number of aromatic nitrogens is 2. The van der Waals surface area contributed by atoms with Crippen molar-refractivity contribution in [1.82, 2.24) is 20.2 Å². The molecule has 2 aromatic rings. The van der Waals surface area contributed by atoms with Gasteiger partial charge < -0.3 is 14.8 Å². The first kappa shape index (κ1) is 17.2. The summed E-state index contributed by atoms with van der Waals surface area (Å²) in [6.45, 7) is 3.86. The number of nitrogens with zero attached hydrogens (tertiary/aromatic N) is 3. The minimum absolute atomic E-state index is 0.338. The quantitative estimate of drug-likeness (QED) is 0.890. The number of ether oxygens (including phenoxy) is 2. The van der Waals surface area contributed by atoms with Crippen LogP contribution in [-0.2, 0) is 19.5 Å². The fourth-order valence-corrected chi connectivity index (χ4v) is 3.83. The molecule has 4 rings (SSSR count). The fourth-order valence-electron chi connectivity index (χ4n) is 3.83. The molecule has 138 valence electrons. The van der Waals surface area contributed by atoms with Gasteiger partial charge in [0.1, 0.15) is 5.82 Å². The highest BCUT2D eigenvalue weighted by atomic mass is 16.5. The van der Waals surface area contributed by atoms with Crippen molar-refractivity contribution < 1.29 is 9.47 Å². The van der Waals surface area contributed by atoms with E-state index in [2.05, 4.69) is 27.3 Å². The van der Waals surface area contributed by atoms with E-state index < -0.39 is 0 Å². The van der Waals surface area contributed by atoms with E-state index in [1.165, 1.54) is 23.2 Å². The number of rotatable bonds is 5. The maximum absolute atomic E-state index is 5.41. The van der Waals surface area contributed by atoms with Crippen molar-refractivity contribution in [2.24, 2.45) is 0 Å². The van der Waals surface area contributed by atoms with E-state index in [9.17, 15) is 0 Å². The van der Waals surface area contributed by atoms with Gasteiger partial charge in [0.25, 0.3) is 0 Å². The lowest BCUT2D eigenvalue weighted by Crippen LogP contribution is -2.31. The lowest BCUT2D eigenvalue weighted by Gasteiger charge is -2.28. The lowest BCUT2D eigenvalue weighted by molar-refractivity contribution is 0.241. The van der Waals surface area contributed by atoms with Crippen LogP contribution in [-0.4, -0.2) is 42.2 Å². The maximum atomic E-state index is 5.41. The van der Waals surface area contributed by atoms with Crippen LogP contribution in [0.4, 0.5) is 0 Å². The highest BCUT2D eigenvalue weighted by Crippen LogP contribution is 2.29. The highest BCUT2D eigenvalue weighted by molar-refractivity contribution is 5.42. The van der Waals surface area contributed by atoms with Crippen LogP contribution >= 0.6 is 0 Å². The van der Waals surface area contributed by atoms with Crippen molar-refractivity contribution in [3.05, 3.63) is 47.0 Å². The smallest absolute Gasteiger partial charge is 0.161 e. The topological polar surface area (TPSA) is 59.5 Å². The third-order valence-corrected chi connectivity index (χ3v) is 5.26. The van der Waals surface area contributed by atoms with Crippen LogP contribution in [0.25, 0.3) is 0 Å². The summed E-state index contributed by atoms with van der Waals surface area (Å²) in [5.74, 6) is 2.51. The third-order valence-electron chi connectivity index (χ3n) is 5.26. The van der Waals surface area contributed by atoms with Crippen LogP contribution in [0.3, 0.4) is 0 Å². The molecule has 3 heterocycles. The molecule has 0 saturated carbocycles. The Bertz CT molecular complexity index is 774. The monoisotopic (exact) mass is 354 g/mol. The van der Waals surface area contributed by atoms with Crippen molar-refractivity contribution in [3.8, 4) is 11.5 Å². The fraction of sp³-hybridized carbons (Fsp3) is 0.500. The zero-order valence-electron chi connectivity index (χ0n) is 15.5. The van der Waals surface area contributed by atoms with Crippen molar-refractivity contribution >= 4 is 0 Å². The number of benzene rings is 1. The van der Waals surface area contributed by atoms with Crippen molar-refractivity contribution in [2.75, 3.05) is 27.3 Å². The molecule has 2 aliphatic rings. The molecule has 0 unspecified atom stereocenters. The van der Waals surface area contributed by atoms with E-state index in [4.69, 9.17) is 14.5 Å². The van der Waals surface area contributed by atoms with Crippen molar-refractivity contribution in [1.29, 1.82) is 0 Å². The molecule has 1 atom stereocenters. The second kappa shape index (κ2) is 7.60. The summed E-state index contributed by atoms with van der Waals surface area (Å²) in [5, 5.41) is 3.48. The lowest BCUT2D eigenvalue weighted by atomic mass is 10.1. The molecular weight excluding hydrogens is 328 g/mol. The van der Waals surface area contributed by atoms with Gasteiger partial charge in [0.05, 0.1) is 20.3 Å². The van der Waals surface area contributed by atoms with Crippen LogP contribution in [0, 0.1) is 0 Å². The molecule has 2 aliphatic heterocycles. The summed E-state index contributed by atoms with van der Waals surface area (Å²) in [4.78, 5) is 11.9. The molecule has 1 saturated heterocycles. The molecule has 0 bridgehead atoms. The summed E-state index contributed by atoms with van der Waals surface area (Å²) in [6.07, 6.45) is 5.36. The molecule has 0 aliphatic carbocycles. The summed E-state index contributed by atoms with van der Waals surface area (Å²) in [7, 11) is 3.33. The highest BCUT2D eigenvalue weighted by Gasteiger charge is 2.23. The number of fused-ring (bicyclic) bond motifs is 1. The summed E-state index contributed by atoms with van der Waals surface area (Å²) < 4.78 is 10.7. The van der Waals surface area contributed by atoms with E-state index in [0.717, 1.165) is 56.3 Å². The van der Waals surface area contributed by atoms with Gasteiger partial charge in [-0.15, -0.1) is 0 Å². The minimum Gasteiger partial charge on any atom is -0.493 e. The summed E-state index contributed by atoms with van der Waals surface area (Å²) in [6, 6.07) is 6.46. The van der Waals surface area contributed by atoms with Crippen molar-refractivity contribution in [3.63, 3.8) is 0 Å². The normalized spacial score (nSPS) is 20.0. The Hall–Kier alpha value is -2.18. The summed E-state index contributed by atoms with van der Waals surface area (Å²) >= 11 is 0. The van der Waals surface area contributed by atoms with Gasteiger partial charge in [0.15, 0.2) is 11.5 Å². The number of nitrogens with one attached hydrogen (secondary N) is 1. The SMILES string of the molecule is COc1ccc(CN2CCc3nc([C@H]4CCCN4)ncc3C2)cc1OC. The molecule has 6 heteroatoms. The van der Waals surface area contributed by atoms with Gasteiger partial charge in [0, 0.05) is 43.5 Å². The molecule has 0 spiro atoms. The number of methoxy groups -OCH3 is 2. The van der Waals surface area contributed by atoms with E-state index >= 15 is 0 Å². The largest absolute Gasteiger partial charge is 0.493 e. The number of hydrogen-bond acceptors (Lipinski definition) is 6. The Labute approximate surface area is 154 Å². The van der Waals surface area contributed by atoms with Crippen LogP contribution in [0.15, 0.2) is 24.4 Å². The summed E-state index contributed by atoms with van der Waals surface area (Å²) in [5.41, 5.74) is 3.68. The van der Waals surface area contributed by atoms with E-state index in [1.54, 1.807) is 14.2 Å². The molecule has 0 amide bonds. The molecule has 6 nitrogen and oxygen atoms in total. The zero-order chi connectivity index (χ0) is 17.9. The van der Waals surface area contributed by atoms with E-state index in [0.29, 0.717) is 6.04 Å². The Morgan fingerprint density at radius 1 is 1.23 bits per heavy atom. The predicted molar refractivity (Wildman–Crippen MR) is 99.4 cm³/mol. The Morgan fingerprint density at radius 2 is 2.12 bits per heavy atom. The third kappa shape index (κ3) is 3.52. The van der Waals surface area contributed by atoms with Gasteiger partial charge in [-0.05, 0) is 37.1 Å². The Kier molecular flexibility index (Phi) is 5.04. The van der Waals surface area contributed by atoms with E-state index in [1.807, 2.05) is 12.3 Å². The second-order valence-corrected chi connectivity index (χ2v) is 7.00. The van der Waals surface area contributed by atoms with Crippen LogP contribution in [0.2, 0.25) is 0 Å². The molecular formula is C20H26N4O2. The average Bonchev–Trinajstić information content (AvgIpc) is 3.22. The average molecular weight is 354 g/mol. The van der Waals surface area contributed by atoms with Crippen molar-refractivity contribution in [2.45, 2.75) is 38.4 Å². The molecule has 1 N–H and O–H groups in total. The van der Waals surface area contributed by atoms with Crippen LogP contribution < -0.4 is 14.8 Å². The zero-order valence-corrected chi connectivity index (χ0v) is 15.5. The van der Waals surface area contributed by atoms with Gasteiger partial charge in [0.2, 0.25) is 0 Å². The van der Waals surface area contributed by atoms with E-state index in [-0.39, 0.29) is 0 Å². The molecule has 0 radical (unpaired) electrons. The van der Waals surface area contributed by atoms with Crippen LogP contribution in [0.1, 0.15) is 41.5 Å². The predicted octanol–water partition coefficient (Wildman–Crippen LogP) is 2.48. The van der Waals surface area contributed by atoms with Crippen LogP contribution in [0.5, 0.6) is 11.5 Å². The van der Waals surface area contributed by atoms with Gasteiger partial charge in [-0.1, -0.05) is 6.07 Å². The first-order valence-electron chi connectivity index (χ1n) is 9.28. The molecule has 1 aromatic carbocycles. The van der Waals surface area contributed by atoms with Gasteiger partial charge in [-0.25, -0.2) is 9.97 Å². The first-order valence-corrected chi connectivity index (χ1v) is 9.28. The first-order chi connectivity index (χ1) is 12.8. The molecule has 26 heavy (non-hydrogen) atoms.